The van der Waals surface area contributed by atoms with E-state index in [2.05, 4.69) is 27.4 Å². The number of aromatic nitrogens is 3. The number of H-pyrrole nitrogens is 1. The first kappa shape index (κ1) is 37.8. The normalized spacial score (nSPS) is 16.2. The quantitative estimate of drug-likeness (QED) is 0.104. The molecule has 278 valence electrons. The SMILES string of the molecule is C=C(/C(O)=C\C(O)=C(/C)c1n[nH]c(=O)n1-c1ccc(CC(=O)N(C)CCOC(=O)Nc2cccc3c2CN(C2CCC(=O)NC2=O)C3=O)cc1)C(C)C. The largest absolute Gasteiger partial charge is 0.508 e. The maximum atomic E-state index is 13.1. The first-order chi connectivity index (χ1) is 25.2. The zero-order chi connectivity index (χ0) is 38.6. The van der Waals surface area contributed by atoms with Crippen molar-refractivity contribution < 1.29 is 38.9 Å². The minimum atomic E-state index is -0.792. The predicted octanol–water partition coefficient (Wildman–Crippen LogP) is 3.51. The van der Waals surface area contributed by atoms with Gasteiger partial charge in [0.15, 0.2) is 5.82 Å². The monoisotopic (exact) mass is 727 g/mol. The molecular formula is C37H41N7O9. The van der Waals surface area contributed by atoms with Gasteiger partial charge < -0.3 is 24.7 Å². The highest BCUT2D eigenvalue weighted by Crippen LogP contribution is 2.32. The molecule has 1 saturated heterocycles. The third-order valence-corrected chi connectivity index (χ3v) is 9.15. The van der Waals surface area contributed by atoms with E-state index in [1.54, 1.807) is 56.4 Å². The number of aliphatic hydroxyl groups excluding tert-OH is 2. The average Bonchev–Trinajstić information content (AvgIpc) is 3.67. The summed E-state index contributed by atoms with van der Waals surface area (Å²) in [4.78, 5) is 78.1. The van der Waals surface area contributed by atoms with Gasteiger partial charge in [0.1, 0.15) is 24.2 Å². The predicted molar refractivity (Wildman–Crippen MR) is 193 cm³/mol. The standard InChI is InChI=1S/C37H41N7O9/c1-20(2)21(3)29(45)18-30(46)22(4)33-40-41-36(51)44(33)24-11-9-23(10-12-24)17-32(48)42(5)15-16-53-37(52)38-27-8-6-7-25-26(27)19-43(35(25)50)28-13-14-31(47)39-34(28)49/h6-12,18,20,28,45-46H,3,13-17,19H2,1-2,4-5H3,(H,38,52)(H,41,51)(H,39,47,49)/b29-18+,30-22-. The number of anilines is 1. The van der Waals surface area contributed by atoms with E-state index in [-0.39, 0.29) is 85.5 Å². The lowest BCUT2D eigenvalue weighted by atomic mass is 10.0. The number of nitrogens with one attached hydrogen (secondary N) is 3. The molecule has 5 N–H and O–H groups in total. The lowest BCUT2D eigenvalue weighted by Crippen LogP contribution is -2.52. The second kappa shape index (κ2) is 15.8. The maximum absolute atomic E-state index is 13.1. The van der Waals surface area contributed by atoms with Gasteiger partial charge >= 0.3 is 11.8 Å². The first-order valence-corrected chi connectivity index (χ1v) is 16.9. The fourth-order valence-corrected chi connectivity index (χ4v) is 5.85. The summed E-state index contributed by atoms with van der Waals surface area (Å²) < 4.78 is 6.56. The third-order valence-electron chi connectivity index (χ3n) is 9.15. The van der Waals surface area contributed by atoms with E-state index in [4.69, 9.17) is 4.74 Å². The van der Waals surface area contributed by atoms with Crippen LogP contribution in [0.25, 0.3) is 11.3 Å². The van der Waals surface area contributed by atoms with Gasteiger partial charge in [0.2, 0.25) is 17.7 Å². The van der Waals surface area contributed by atoms with Crippen LogP contribution in [0.3, 0.4) is 0 Å². The van der Waals surface area contributed by atoms with Crippen molar-refractivity contribution in [1.82, 2.24) is 29.9 Å². The van der Waals surface area contributed by atoms with Crippen LogP contribution in [0.5, 0.6) is 0 Å². The van der Waals surface area contributed by atoms with Crippen LogP contribution in [0.4, 0.5) is 10.5 Å². The van der Waals surface area contributed by atoms with E-state index < -0.39 is 23.7 Å². The lowest BCUT2D eigenvalue weighted by molar-refractivity contribution is -0.137. The second-order valence-corrected chi connectivity index (χ2v) is 13.1. The number of carbonyl (C=O) groups excluding carboxylic acids is 5. The van der Waals surface area contributed by atoms with Crippen molar-refractivity contribution in [3.8, 4) is 5.69 Å². The molecule has 5 amide bonds. The summed E-state index contributed by atoms with van der Waals surface area (Å²) in [6.45, 7) is 9.11. The molecule has 2 aliphatic rings. The van der Waals surface area contributed by atoms with Gasteiger partial charge in [-0.15, -0.1) is 0 Å². The van der Waals surface area contributed by atoms with E-state index in [1.807, 2.05) is 13.8 Å². The molecule has 0 saturated carbocycles. The van der Waals surface area contributed by atoms with Gasteiger partial charge in [0.05, 0.1) is 18.7 Å². The Kier molecular flexibility index (Phi) is 11.3. The average molecular weight is 728 g/mol. The number of imide groups is 1. The molecule has 0 spiro atoms. The van der Waals surface area contributed by atoms with Crippen LogP contribution in [0.1, 0.15) is 60.9 Å². The highest BCUT2D eigenvalue weighted by atomic mass is 16.5. The number of benzene rings is 2. The fourth-order valence-electron chi connectivity index (χ4n) is 5.85. The number of fused-ring (bicyclic) bond motifs is 1. The van der Waals surface area contributed by atoms with E-state index in [0.29, 0.717) is 33.6 Å². The fraction of sp³-hybridized carbons (Fsp3) is 0.324. The van der Waals surface area contributed by atoms with Crippen LogP contribution in [0.15, 0.2) is 77.0 Å². The zero-order valence-electron chi connectivity index (χ0n) is 29.8. The summed E-state index contributed by atoms with van der Waals surface area (Å²) in [5.74, 6) is -1.95. The Balaban J connectivity index is 1.14. The third kappa shape index (κ3) is 8.38. The first-order valence-electron chi connectivity index (χ1n) is 16.9. The van der Waals surface area contributed by atoms with Crippen LogP contribution in [-0.4, -0.2) is 90.7 Å². The highest BCUT2D eigenvalue weighted by Gasteiger charge is 2.40. The van der Waals surface area contributed by atoms with Gasteiger partial charge in [-0.05, 0) is 54.7 Å². The van der Waals surface area contributed by atoms with Crippen LogP contribution in [0, 0.1) is 5.92 Å². The van der Waals surface area contributed by atoms with Gasteiger partial charge in [-0.3, -0.25) is 29.8 Å². The summed E-state index contributed by atoms with van der Waals surface area (Å²) in [7, 11) is 1.57. The lowest BCUT2D eigenvalue weighted by Gasteiger charge is -2.29. The molecule has 0 aliphatic carbocycles. The van der Waals surface area contributed by atoms with E-state index >= 15 is 0 Å². The minimum absolute atomic E-state index is 0.0213. The number of aromatic amines is 1. The second-order valence-electron chi connectivity index (χ2n) is 13.1. The van der Waals surface area contributed by atoms with Crippen LogP contribution in [-0.2, 0) is 32.1 Å². The van der Waals surface area contributed by atoms with Crippen molar-refractivity contribution in [1.29, 1.82) is 0 Å². The molecule has 5 rings (SSSR count). The van der Waals surface area contributed by atoms with Crippen molar-refractivity contribution in [2.45, 2.75) is 52.6 Å². The smallest absolute Gasteiger partial charge is 0.411 e. The Bertz CT molecular complexity index is 2090. The molecule has 16 heteroatoms. The van der Waals surface area contributed by atoms with E-state index in [1.165, 1.54) is 14.4 Å². The molecule has 3 heterocycles. The van der Waals surface area contributed by atoms with Crippen molar-refractivity contribution in [2.24, 2.45) is 5.92 Å². The van der Waals surface area contributed by atoms with Crippen molar-refractivity contribution in [2.75, 3.05) is 25.5 Å². The molecule has 2 aromatic carbocycles. The molecule has 1 fully saturated rings. The molecule has 3 aromatic rings. The number of carbonyl (C=O) groups is 5. The molecule has 16 nitrogen and oxygen atoms in total. The van der Waals surface area contributed by atoms with Crippen molar-refractivity contribution in [3.05, 3.63) is 105 Å². The van der Waals surface area contributed by atoms with Gasteiger partial charge in [0.25, 0.3) is 5.91 Å². The van der Waals surface area contributed by atoms with Gasteiger partial charge in [-0.25, -0.2) is 19.3 Å². The number of nitrogens with zero attached hydrogens (tertiary/aromatic N) is 4. The molecule has 1 unspecified atom stereocenters. The number of hydrogen-bond acceptors (Lipinski definition) is 10. The van der Waals surface area contributed by atoms with E-state index in [0.717, 1.165) is 6.08 Å². The number of rotatable bonds is 12. The number of hydrogen-bond donors (Lipinski definition) is 5. The number of aliphatic hydroxyl groups is 2. The van der Waals surface area contributed by atoms with Gasteiger partial charge in [-0.2, -0.15) is 5.10 Å². The topological polar surface area (TPSA) is 216 Å². The molecular weight excluding hydrogens is 686 g/mol. The van der Waals surface area contributed by atoms with Gasteiger partial charge in [0, 0.05) is 48.5 Å². The molecule has 53 heavy (non-hydrogen) atoms. The molecule has 2 aliphatic heterocycles. The molecule has 1 aromatic heterocycles. The van der Waals surface area contributed by atoms with Crippen molar-refractivity contribution in [3.63, 3.8) is 0 Å². The number of amides is 5. The maximum Gasteiger partial charge on any atom is 0.411 e. The Morgan fingerprint density at radius 3 is 2.53 bits per heavy atom. The van der Waals surface area contributed by atoms with Gasteiger partial charge in [-0.1, -0.05) is 38.6 Å². The summed E-state index contributed by atoms with van der Waals surface area (Å²) in [6.07, 6.45) is 0.726. The summed E-state index contributed by atoms with van der Waals surface area (Å²) in [5, 5.41) is 32.2. The van der Waals surface area contributed by atoms with Crippen LogP contribution >= 0.6 is 0 Å². The minimum Gasteiger partial charge on any atom is -0.508 e. The Morgan fingerprint density at radius 1 is 1.13 bits per heavy atom. The van der Waals surface area contributed by atoms with E-state index in [9.17, 15) is 39.0 Å². The molecule has 1 atom stereocenters. The summed E-state index contributed by atoms with van der Waals surface area (Å²) in [6, 6.07) is 10.6. The number of piperidine rings is 1. The number of allylic oxidation sites excluding steroid dienone is 3. The summed E-state index contributed by atoms with van der Waals surface area (Å²) >= 11 is 0. The van der Waals surface area contributed by atoms with Crippen molar-refractivity contribution >= 4 is 41.0 Å². The Hall–Kier alpha value is -6.45. The number of ether oxygens (including phenoxy) is 1. The Labute approximate surface area is 304 Å². The highest BCUT2D eigenvalue weighted by molar-refractivity contribution is 6.06. The van der Waals surface area contributed by atoms with Crippen LogP contribution in [0.2, 0.25) is 0 Å². The molecule has 0 bridgehead atoms. The number of likely N-dealkylation sites (N-methyl/N-ethyl adjacent to an activating group) is 1. The summed E-state index contributed by atoms with van der Waals surface area (Å²) in [5.41, 5.74) is 2.39. The van der Waals surface area contributed by atoms with Crippen LogP contribution < -0.4 is 16.3 Å². The zero-order valence-corrected chi connectivity index (χ0v) is 29.8. The Morgan fingerprint density at radius 2 is 1.85 bits per heavy atom. The molecule has 0 radical (unpaired) electrons.